The molecule has 2 atom stereocenters. The highest BCUT2D eigenvalue weighted by Crippen LogP contribution is 2.46. The highest BCUT2D eigenvalue weighted by atomic mass is 16.5. The van der Waals surface area contributed by atoms with Gasteiger partial charge in [-0.25, -0.2) is 0 Å². The minimum absolute atomic E-state index is 0.425. The molecule has 2 unspecified atom stereocenters. The Kier molecular flexibility index (Phi) is 6.49. The maximum atomic E-state index is 12.0. The molecule has 0 radical (unpaired) electrons. The molecule has 2 aromatic rings. The average molecular weight is 401 g/mol. The fourth-order valence-corrected chi connectivity index (χ4v) is 4.06. The molecule has 0 amide bonds. The Bertz CT molecular complexity index is 846. The van der Waals surface area contributed by atoms with Crippen molar-refractivity contribution in [3.8, 4) is 23.0 Å². The van der Waals surface area contributed by atoms with E-state index in [1.54, 1.807) is 34.5 Å². The number of carboxylic acids is 1. The molecule has 1 heterocycles. The summed E-state index contributed by atoms with van der Waals surface area (Å²) in [7, 11) is 6.38. The summed E-state index contributed by atoms with van der Waals surface area (Å²) in [5.74, 6) is 1.69. The number of aliphatic carboxylic acids is 1. The molecule has 1 aliphatic heterocycles. The van der Waals surface area contributed by atoms with Crippen molar-refractivity contribution >= 4 is 5.97 Å². The Morgan fingerprint density at radius 3 is 2.21 bits per heavy atom. The number of nitrogens with zero attached hydrogens (tertiary/aromatic N) is 1. The predicted molar refractivity (Wildman–Crippen MR) is 108 cm³/mol. The summed E-state index contributed by atoms with van der Waals surface area (Å²) in [6.07, 6.45) is 1.38. The third kappa shape index (κ3) is 3.96. The Hall–Kier alpha value is -2.93. The molecule has 0 saturated carbocycles. The van der Waals surface area contributed by atoms with Gasteiger partial charge in [0.25, 0.3) is 0 Å². The Labute approximate surface area is 170 Å². The maximum Gasteiger partial charge on any atom is 0.320 e. The summed E-state index contributed by atoms with van der Waals surface area (Å²) >= 11 is 0. The van der Waals surface area contributed by atoms with Crippen LogP contribution < -0.4 is 18.9 Å². The average Bonchev–Trinajstić information content (AvgIpc) is 3.24. The van der Waals surface area contributed by atoms with Crippen molar-refractivity contribution < 1.29 is 28.8 Å². The quantitative estimate of drug-likeness (QED) is 0.727. The minimum Gasteiger partial charge on any atom is -0.497 e. The highest BCUT2D eigenvalue weighted by Gasteiger charge is 2.40. The molecule has 0 aliphatic carbocycles. The lowest BCUT2D eigenvalue weighted by Crippen LogP contribution is -2.39. The molecule has 0 aromatic heterocycles. The molecule has 7 nitrogen and oxygen atoms in total. The molecule has 7 heteroatoms. The number of rotatable bonds is 8. The number of carboxylic acid groups (broad SMARTS) is 1. The summed E-state index contributed by atoms with van der Waals surface area (Å²) in [5.41, 5.74) is 1.60. The van der Waals surface area contributed by atoms with Gasteiger partial charge < -0.3 is 24.1 Å². The van der Waals surface area contributed by atoms with Gasteiger partial charge in [-0.05, 0) is 37.1 Å². The van der Waals surface area contributed by atoms with Crippen LogP contribution in [0.25, 0.3) is 0 Å². The predicted octanol–water partition coefficient (Wildman–Crippen LogP) is 3.36. The molecule has 1 fully saturated rings. The standard InChI is InChI=1S/C22H27NO6/c1-26-14-10-11-15(19(13-14)29-4)21(23-12-6-7-16(23)22(24)25)20-17(27-2)8-5-9-18(20)28-3/h5,8-11,13,16,21H,6-7,12H2,1-4H3,(H,24,25). The van der Waals surface area contributed by atoms with Crippen molar-refractivity contribution in [1.29, 1.82) is 0 Å². The second-order valence-electron chi connectivity index (χ2n) is 6.82. The molecule has 1 aliphatic rings. The van der Waals surface area contributed by atoms with Gasteiger partial charge in [-0.1, -0.05) is 6.07 Å². The van der Waals surface area contributed by atoms with E-state index in [1.807, 2.05) is 35.2 Å². The van der Waals surface area contributed by atoms with Crippen molar-refractivity contribution in [2.75, 3.05) is 35.0 Å². The van der Waals surface area contributed by atoms with Crippen LogP contribution in [0.15, 0.2) is 36.4 Å². The Morgan fingerprint density at radius 1 is 1.00 bits per heavy atom. The van der Waals surface area contributed by atoms with E-state index in [4.69, 9.17) is 18.9 Å². The maximum absolute atomic E-state index is 12.0. The van der Waals surface area contributed by atoms with Crippen LogP contribution >= 0.6 is 0 Å². The van der Waals surface area contributed by atoms with Crippen molar-refractivity contribution in [1.82, 2.24) is 4.90 Å². The molecule has 0 bridgehead atoms. The molecule has 156 valence electrons. The SMILES string of the molecule is COc1ccc(C(c2c(OC)cccc2OC)N2CCCC2C(=O)O)c(OC)c1. The van der Waals surface area contributed by atoms with Gasteiger partial charge in [0, 0.05) is 18.2 Å². The molecule has 3 rings (SSSR count). The van der Waals surface area contributed by atoms with Gasteiger partial charge in [-0.3, -0.25) is 9.69 Å². The van der Waals surface area contributed by atoms with Crippen LogP contribution in [0.5, 0.6) is 23.0 Å². The van der Waals surface area contributed by atoms with Crippen LogP contribution in [0.2, 0.25) is 0 Å². The molecule has 1 N–H and O–H groups in total. The summed E-state index contributed by atoms with van der Waals surface area (Å²) in [4.78, 5) is 14.0. The van der Waals surface area contributed by atoms with Crippen LogP contribution in [0.4, 0.5) is 0 Å². The molecule has 0 spiro atoms. The van der Waals surface area contributed by atoms with E-state index in [1.165, 1.54) is 0 Å². The molecule has 29 heavy (non-hydrogen) atoms. The molecule has 1 saturated heterocycles. The Morgan fingerprint density at radius 2 is 1.66 bits per heavy atom. The lowest BCUT2D eigenvalue weighted by molar-refractivity contribution is -0.142. The van der Waals surface area contributed by atoms with Crippen LogP contribution in [0.1, 0.15) is 30.0 Å². The van der Waals surface area contributed by atoms with Crippen molar-refractivity contribution in [3.05, 3.63) is 47.5 Å². The summed E-state index contributed by atoms with van der Waals surface area (Å²) < 4.78 is 22.3. The number of methoxy groups -OCH3 is 4. The van der Waals surface area contributed by atoms with Crippen LogP contribution in [-0.4, -0.2) is 57.0 Å². The number of benzene rings is 2. The number of carbonyl (C=O) groups is 1. The largest absolute Gasteiger partial charge is 0.497 e. The summed E-state index contributed by atoms with van der Waals surface area (Å²) in [6, 6.07) is 10.1. The normalized spacial score (nSPS) is 17.6. The van der Waals surface area contributed by atoms with E-state index in [9.17, 15) is 9.90 Å². The lowest BCUT2D eigenvalue weighted by atomic mass is 9.93. The van der Waals surface area contributed by atoms with Gasteiger partial charge in [0.1, 0.15) is 29.0 Å². The Balaban J connectivity index is 2.26. The van der Waals surface area contributed by atoms with E-state index >= 15 is 0 Å². The second kappa shape index (κ2) is 9.05. The monoisotopic (exact) mass is 401 g/mol. The number of ether oxygens (including phenoxy) is 4. The van der Waals surface area contributed by atoms with E-state index in [-0.39, 0.29) is 0 Å². The third-order valence-corrected chi connectivity index (χ3v) is 5.39. The molecule has 2 aromatic carbocycles. The first-order valence-corrected chi connectivity index (χ1v) is 9.47. The minimum atomic E-state index is -0.839. The van der Waals surface area contributed by atoms with Crippen molar-refractivity contribution in [2.24, 2.45) is 0 Å². The van der Waals surface area contributed by atoms with E-state index in [2.05, 4.69) is 0 Å². The number of hydrogen-bond donors (Lipinski definition) is 1. The van der Waals surface area contributed by atoms with Gasteiger partial charge >= 0.3 is 5.97 Å². The van der Waals surface area contributed by atoms with Crippen LogP contribution in [0, 0.1) is 0 Å². The van der Waals surface area contributed by atoms with Crippen molar-refractivity contribution in [3.63, 3.8) is 0 Å². The third-order valence-electron chi connectivity index (χ3n) is 5.39. The van der Waals surface area contributed by atoms with Gasteiger partial charge in [0.05, 0.1) is 40.0 Å². The topological polar surface area (TPSA) is 77.5 Å². The fraction of sp³-hybridized carbons (Fsp3) is 0.409. The van der Waals surface area contributed by atoms with Gasteiger partial charge in [0.15, 0.2) is 0 Å². The molecular formula is C22H27NO6. The number of hydrogen-bond acceptors (Lipinski definition) is 6. The smallest absolute Gasteiger partial charge is 0.320 e. The zero-order valence-corrected chi connectivity index (χ0v) is 17.2. The zero-order valence-electron chi connectivity index (χ0n) is 17.2. The number of likely N-dealkylation sites (tertiary alicyclic amines) is 1. The summed E-state index contributed by atoms with van der Waals surface area (Å²) in [6.45, 7) is 0.637. The molecular weight excluding hydrogens is 374 g/mol. The highest BCUT2D eigenvalue weighted by molar-refractivity contribution is 5.74. The van der Waals surface area contributed by atoms with Gasteiger partial charge in [0.2, 0.25) is 0 Å². The fourth-order valence-electron chi connectivity index (χ4n) is 4.06. The van der Waals surface area contributed by atoms with Crippen LogP contribution in [-0.2, 0) is 4.79 Å². The lowest BCUT2D eigenvalue weighted by Gasteiger charge is -2.34. The van der Waals surface area contributed by atoms with E-state index in [0.717, 1.165) is 17.5 Å². The first-order valence-electron chi connectivity index (χ1n) is 9.47. The zero-order chi connectivity index (χ0) is 21.0. The second-order valence-corrected chi connectivity index (χ2v) is 6.82. The summed E-state index contributed by atoms with van der Waals surface area (Å²) in [5, 5.41) is 9.83. The van der Waals surface area contributed by atoms with Crippen molar-refractivity contribution in [2.45, 2.75) is 24.9 Å². The van der Waals surface area contributed by atoms with E-state index < -0.39 is 18.1 Å². The first kappa shape index (κ1) is 20.8. The first-order chi connectivity index (χ1) is 14.0. The van der Waals surface area contributed by atoms with E-state index in [0.29, 0.717) is 36.0 Å². The van der Waals surface area contributed by atoms with Gasteiger partial charge in [-0.15, -0.1) is 0 Å². The van der Waals surface area contributed by atoms with Crippen LogP contribution in [0.3, 0.4) is 0 Å². The van der Waals surface area contributed by atoms with Gasteiger partial charge in [-0.2, -0.15) is 0 Å².